The highest BCUT2D eigenvalue weighted by Crippen LogP contribution is 2.25. The van der Waals surface area contributed by atoms with Gasteiger partial charge in [-0.05, 0) is 38.8 Å². The van der Waals surface area contributed by atoms with E-state index in [4.69, 9.17) is 0 Å². The summed E-state index contributed by atoms with van der Waals surface area (Å²) >= 11 is 0. The number of nitrogens with one attached hydrogen (secondary N) is 2. The summed E-state index contributed by atoms with van der Waals surface area (Å²) in [5, 5.41) is 5.24. The van der Waals surface area contributed by atoms with E-state index < -0.39 is 22.0 Å². The van der Waals surface area contributed by atoms with Gasteiger partial charge in [-0.25, -0.2) is 8.42 Å². The van der Waals surface area contributed by atoms with Crippen molar-refractivity contribution in [1.29, 1.82) is 0 Å². The third-order valence-electron chi connectivity index (χ3n) is 3.98. The van der Waals surface area contributed by atoms with Gasteiger partial charge in [-0.1, -0.05) is 24.6 Å². The molecule has 1 heterocycles. The van der Waals surface area contributed by atoms with E-state index in [1.54, 1.807) is 18.2 Å². The molecule has 138 valence electrons. The second kappa shape index (κ2) is 8.44. The van der Waals surface area contributed by atoms with Crippen LogP contribution in [0.5, 0.6) is 0 Å². The van der Waals surface area contributed by atoms with E-state index in [1.165, 1.54) is 16.4 Å². The maximum Gasteiger partial charge on any atom is 0.243 e. The number of piperidine rings is 1. The van der Waals surface area contributed by atoms with Crippen molar-refractivity contribution in [3.63, 3.8) is 0 Å². The Kier molecular flexibility index (Phi) is 6.55. The molecule has 0 aromatic heterocycles. The minimum absolute atomic E-state index is 0.0194. The molecule has 1 fully saturated rings. The summed E-state index contributed by atoms with van der Waals surface area (Å²) < 4.78 is 27.0. The van der Waals surface area contributed by atoms with Gasteiger partial charge < -0.3 is 10.6 Å². The largest absolute Gasteiger partial charge is 0.352 e. The van der Waals surface area contributed by atoms with Crippen molar-refractivity contribution in [2.75, 3.05) is 13.1 Å². The zero-order chi connectivity index (χ0) is 18.4. The molecule has 1 unspecified atom stereocenters. The van der Waals surface area contributed by atoms with E-state index in [1.807, 2.05) is 13.8 Å². The van der Waals surface area contributed by atoms with Crippen molar-refractivity contribution in [2.24, 2.45) is 0 Å². The molecule has 1 aromatic rings. The van der Waals surface area contributed by atoms with E-state index >= 15 is 0 Å². The van der Waals surface area contributed by atoms with Crippen LogP contribution in [0.25, 0.3) is 0 Å². The van der Waals surface area contributed by atoms with E-state index in [2.05, 4.69) is 10.6 Å². The average molecular weight is 367 g/mol. The van der Waals surface area contributed by atoms with Crippen molar-refractivity contribution in [3.05, 3.63) is 30.3 Å². The lowest BCUT2D eigenvalue weighted by molar-refractivity contribution is -0.129. The lowest BCUT2D eigenvalue weighted by Crippen LogP contribution is -2.53. The lowest BCUT2D eigenvalue weighted by atomic mass is 10.0. The Morgan fingerprint density at radius 2 is 1.88 bits per heavy atom. The molecule has 0 radical (unpaired) electrons. The number of rotatable bonds is 6. The molecule has 25 heavy (non-hydrogen) atoms. The molecule has 1 atom stereocenters. The predicted molar refractivity (Wildman–Crippen MR) is 94.3 cm³/mol. The number of carbonyl (C=O) groups excluding carboxylic acids is 2. The van der Waals surface area contributed by atoms with Gasteiger partial charge in [0.25, 0.3) is 0 Å². The fourth-order valence-electron chi connectivity index (χ4n) is 2.84. The summed E-state index contributed by atoms with van der Waals surface area (Å²) in [6, 6.07) is 7.29. The first-order valence-corrected chi connectivity index (χ1v) is 9.90. The topological polar surface area (TPSA) is 95.6 Å². The van der Waals surface area contributed by atoms with Crippen LogP contribution in [0.3, 0.4) is 0 Å². The molecule has 2 N–H and O–H groups in total. The smallest absolute Gasteiger partial charge is 0.243 e. The number of amides is 2. The molecule has 7 nitrogen and oxygen atoms in total. The number of benzene rings is 1. The summed E-state index contributed by atoms with van der Waals surface area (Å²) in [7, 11) is -3.74. The van der Waals surface area contributed by atoms with Gasteiger partial charge in [0.1, 0.15) is 6.04 Å². The minimum atomic E-state index is -3.74. The van der Waals surface area contributed by atoms with Gasteiger partial charge in [0.2, 0.25) is 21.8 Å². The first kappa shape index (κ1) is 19.4. The number of nitrogens with zero attached hydrogens (tertiary/aromatic N) is 1. The Morgan fingerprint density at radius 1 is 1.20 bits per heavy atom. The van der Waals surface area contributed by atoms with Crippen LogP contribution in [0, 0.1) is 0 Å². The summed E-state index contributed by atoms with van der Waals surface area (Å²) in [6.07, 6.45) is 1.93. The maximum atomic E-state index is 12.9. The molecule has 1 saturated heterocycles. The van der Waals surface area contributed by atoms with Gasteiger partial charge in [-0.15, -0.1) is 0 Å². The van der Waals surface area contributed by atoms with Crippen molar-refractivity contribution in [3.8, 4) is 0 Å². The van der Waals surface area contributed by atoms with Gasteiger partial charge in [-0.2, -0.15) is 4.31 Å². The van der Waals surface area contributed by atoms with Crippen LogP contribution in [-0.4, -0.2) is 49.7 Å². The van der Waals surface area contributed by atoms with E-state index in [-0.39, 0.29) is 23.4 Å². The third kappa shape index (κ3) is 5.02. The molecule has 0 saturated carbocycles. The van der Waals surface area contributed by atoms with E-state index in [0.29, 0.717) is 19.4 Å². The molecule has 1 aromatic carbocycles. The van der Waals surface area contributed by atoms with E-state index in [0.717, 1.165) is 6.42 Å². The third-order valence-corrected chi connectivity index (χ3v) is 5.90. The molecular weight excluding hydrogens is 342 g/mol. The quantitative estimate of drug-likeness (QED) is 0.780. The zero-order valence-corrected chi connectivity index (χ0v) is 15.4. The Bertz CT molecular complexity index is 704. The van der Waals surface area contributed by atoms with Crippen molar-refractivity contribution in [1.82, 2.24) is 14.9 Å². The normalized spacial score (nSPS) is 18.8. The van der Waals surface area contributed by atoms with Crippen LogP contribution in [0.4, 0.5) is 0 Å². The van der Waals surface area contributed by atoms with Gasteiger partial charge in [0.15, 0.2) is 0 Å². The highest BCUT2D eigenvalue weighted by molar-refractivity contribution is 7.89. The molecule has 2 rings (SSSR count). The fourth-order valence-corrected chi connectivity index (χ4v) is 4.52. The number of sulfonamides is 1. The van der Waals surface area contributed by atoms with Crippen LogP contribution in [0.15, 0.2) is 35.2 Å². The minimum Gasteiger partial charge on any atom is -0.352 e. The van der Waals surface area contributed by atoms with Gasteiger partial charge in [-0.3, -0.25) is 9.59 Å². The SMILES string of the molecule is CC(C)NC(=O)CNC(=O)C1CCCCN1S(=O)(=O)c1ccccc1. The molecule has 8 heteroatoms. The highest BCUT2D eigenvalue weighted by atomic mass is 32.2. The van der Waals surface area contributed by atoms with Crippen molar-refractivity contribution in [2.45, 2.75) is 50.1 Å². The van der Waals surface area contributed by atoms with Crippen molar-refractivity contribution < 1.29 is 18.0 Å². The average Bonchev–Trinajstić information content (AvgIpc) is 2.60. The maximum absolute atomic E-state index is 12.9. The monoisotopic (exact) mass is 367 g/mol. The predicted octanol–water partition coefficient (Wildman–Crippen LogP) is 0.871. The lowest BCUT2D eigenvalue weighted by Gasteiger charge is -2.33. The zero-order valence-electron chi connectivity index (χ0n) is 14.6. The summed E-state index contributed by atoms with van der Waals surface area (Å²) in [6.45, 7) is 3.80. The molecule has 2 amide bonds. The van der Waals surface area contributed by atoms with E-state index in [9.17, 15) is 18.0 Å². The molecule has 0 aliphatic carbocycles. The molecule has 0 spiro atoms. The second-order valence-electron chi connectivity index (χ2n) is 6.38. The van der Waals surface area contributed by atoms with Crippen molar-refractivity contribution >= 4 is 21.8 Å². The number of hydrogen-bond acceptors (Lipinski definition) is 4. The standard InChI is InChI=1S/C17H25N3O4S/c1-13(2)19-16(21)12-18-17(22)15-10-6-7-11-20(15)25(23,24)14-8-4-3-5-9-14/h3-5,8-9,13,15H,6-7,10-12H2,1-2H3,(H,18,22)(H,19,21). The fraction of sp³-hybridized carbons (Fsp3) is 0.529. The van der Waals surface area contributed by atoms with Crippen LogP contribution in [-0.2, 0) is 19.6 Å². The Balaban J connectivity index is 2.10. The Hall–Kier alpha value is -1.93. The first-order chi connectivity index (χ1) is 11.8. The van der Waals surface area contributed by atoms with Crippen LogP contribution >= 0.6 is 0 Å². The van der Waals surface area contributed by atoms with Crippen LogP contribution < -0.4 is 10.6 Å². The molecule has 1 aliphatic heterocycles. The van der Waals surface area contributed by atoms with Crippen LogP contribution in [0.2, 0.25) is 0 Å². The first-order valence-electron chi connectivity index (χ1n) is 8.46. The molecular formula is C17H25N3O4S. The Labute approximate surface area is 148 Å². The number of hydrogen-bond donors (Lipinski definition) is 2. The summed E-state index contributed by atoms with van der Waals surface area (Å²) in [5.41, 5.74) is 0. The summed E-state index contributed by atoms with van der Waals surface area (Å²) in [5.74, 6) is -0.727. The highest BCUT2D eigenvalue weighted by Gasteiger charge is 2.37. The Morgan fingerprint density at radius 3 is 2.52 bits per heavy atom. The second-order valence-corrected chi connectivity index (χ2v) is 8.27. The molecule has 1 aliphatic rings. The summed E-state index contributed by atoms with van der Waals surface area (Å²) in [4.78, 5) is 24.3. The van der Waals surface area contributed by atoms with Gasteiger partial charge in [0.05, 0.1) is 11.4 Å². The van der Waals surface area contributed by atoms with Gasteiger partial charge in [0, 0.05) is 12.6 Å². The van der Waals surface area contributed by atoms with Crippen LogP contribution in [0.1, 0.15) is 33.1 Å². The van der Waals surface area contributed by atoms with Gasteiger partial charge >= 0.3 is 0 Å². The number of carbonyl (C=O) groups is 2. The molecule has 0 bridgehead atoms.